The van der Waals surface area contributed by atoms with Gasteiger partial charge in [0.05, 0.1) is 12.1 Å². The maximum atomic E-state index is 12.9. The number of aromatic nitrogens is 1. The van der Waals surface area contributed by atoms with Gasteiger partial charge in [-0.05, 0) is 49.2 Å². The van der Waals surface area contributed by atoms with Crippen molar-refractivity contribution in [3.63, 3.8) is 0 Å². The Bertz CT molecular complexity index is 1150. The summed E-state index contributed by atoms with van der Waals surface area (Å²) in [5.41, 5.74) is 4.58. The van der Waals surface area contributed by atoms with Crippen molar-refractivity contribution in [3.8, 4) is 11.8 Å². The number of amides is 1. The molecule has 1 saturated heterocycles. The molecule has 1 aromatic heterocycles. The van der Waals surface area contributed by atoms with Gasteiger partial charge in [-0.1, -0.05) is 30.3 Å². The van der Waals surface area contributed by atoms with Gasteiger partial charge >= 0.3 is 0 Å². The van der Waals surface area contributed by atoms with Gasteiger partial charge in [-0.2, -0.15) is 5.26 Å². The summed E-state index contributed by atoms with van der Waals surface area (Å²) in [4.78, 5) is 17.3. The molecule has 0 bridgehead atoms. The summed E-state index contributed by atoms with van der Waals surface area (Å²) >= 11 is 0. The lowest BCUT2D eigenvalue weighted by atomic mass is 10.2. The van der Waals surface area contributed by atoms with Gasteiger partial charge in [0.15, 0.2) is 0 Å². The predicted octanol–water partition coefficient (Wildman–Crippen LogP) is 3.49. The second-order valence-corrected chi connectivity index (χ2v) is 8.45. The number of phenolic OH excluding ortho intramolecular Hbond substituents is 1. The minimum absolute atomic E-state index is 0.114. The first-order valence-corrected chi connectivity index (χ1v) is 11.2. The standard InChI is InChI=1S/C26H29N5O2/c1-19-20(2)31(17-21-6-4-3-5-7-21)26(24(19)16-27)28-25(33)18-29-12-14-30(15-13-29)22-8-10-23(32)11-9-22/h3-11,32H,12-15,17-18H2,1-2H3,(H,28,33). The molecule has 1 aliphatic rings. The summed E-state index contributed by atoms with van der Waals surface area (Å²) in [5.74, 6) is 0.716. The molecule has 3 aromatic rings. The lowest BCUT2D eigenvalue weighted by molar-refractivity contribution is -0.117. The zero-order chi connectivity index (χ0) is 23.4. The number of nitriles is 1. The first-order valence-electron chi connectivity index (χ1n) is 11.2. The van der Waals surface area contributed by atoms with Crippen LogP contribution in [0.25, 0.3) is 0 Å². The molecule has 7 heteroatoms. The third-order valence-corrected chi connectivity index (χ3v) is 6.34. The fraction of sp³-hybridized carbons (Fsp3) is 0.308. The van der Waals surface area contributed by atoms with Crippen LogP contribution in [0, 0.1) is 25.2 Å². The summed E-state index contributed by atoms with van der Waals surface area (Å²) in [6, 6.07) is 19.5. The van der Waals surface area contributed by atoms with Crippen LogP contribution < -0.4 is 10.2 Å². The van der Waals surface area contributed by atoms with E-state index in [0.717, 1.165) is 48.7 Å². The van der Waals surface area contributed by atoms with Crippen molar-refractivity contribution in [2.75, 3.05) is 42.9 Å². The summed E-state index contributed by atoms with van der Waals surface area (Å²) in [6.45, 7) is 7.93. The maximum Gasteiger partial charge on any atom is 0.239 e. The average molecular weight is 444 g/mol. The number of benzene rings is 2. The molecule has 0 saturated carbocycles. The number of nitrogens with one attached hydrogen (secondary N) is 1. The molecule has 33 heavy (non-hydrogen) atoms. The van der Waals surface area contributed by atoms with Crippen molar-refractivity contribution >= 4 is 17.4 Å². The normalized spacial score (nSPS) is 14.2. The fourth-order valence-electron chi connectivity index (χ4n) is 4.30. The first-order chi connectivity index (χ1) is 16.0. The Hall–Kier alpha value is -3.76. The van der Waals surface area contributed by atoms with Crippen LogP contribution in [0.2, 0.25) is 0 Å². The molecule has 1 fully saturated rings. The van der Waals surface area contributed by atoms with Crippen molar-refractivity contribution in [1.82, 2.24) is 9.47 Å². The molecule has 4 rings (SSSR count). The Labute approximate surface area is 194 Å². The van der Waals surface area contributed by atoms with Gasteiger partial charge in [0.1, 0.15) is 17.6 Å². The third-order valence-electron chi connectivity index (χ3n) is 6.34. The van der Waals surface area contributed by atoms with Gasteiger partial charge in [-0.3, -0.25) is 9.69 Å². The fourth-order valence-corrected chi connectivity index (χ4v) is 4.30. The van der Waals surface area contributed by atoms with Crippen molar-refractivity contribution in [1.29, 1.82) is 5.26 Å². The van der Waals surface area contributed by atoms with Crippen LogP contribution in [0.3, 0.4) is 0 Å². The number of rotatable bonds is 6. The van der Waals surface area contributed by atoms with E-state index in [-0.39, 0.29) is 18.2 Å². The van der Waals surface area contributed by atoms with Crippen LogP contribution in [0.4, 0.5) is 11.5 Å². The van der Waals surface area contributed by atoms with Gasteiger partial charge in [0, 0.05) is 44.1 Å². The van der Waals surface area contributed by atoms with Crippen LogP contribution in [0.5, 0.6) is 5.75 Å². The second-order valence-electron chi connectivity index (χ2n) is 8.45. The number of carbonyl (C=O) groups is 1. The smallest absolute Gasteiger partial charge is 0.239 e. The topological polar surface area (TPSA) is 84.5 Å². The third kappa shape index (κ3) is 5.02. The molecule has 0 atom stereocenters. The summed E-state index contributed by atoms with van der Waals surface area (Å²) in [5, 5.41) is 22.3. The van der Waals surface area contributed by atoms with Crippen molar-refractivity contribution in [2.45, 2.75) is 20.4 Å². The van der Waals surface area contributed by atoms with Gasteiger partial charge in [-0.15, -0.1) is 0 Å². The molecular weight excluding hydrogens is 414 g/mol. The van der Waals surface area contributed by atoms with E-state index in [4.69, 9.17) is 0 Å². The van der Waals surface area contributed by atoms with Crippen molar-refractivity contribution in [3.05, 3.63) is 77.0 Å². The van der Waals surface area contributed by atoms with Crippen molar-refractivity contribution in [2.24, 2.45) is 0 Å². The van der Waals surface area contributed by atoms with Gasteiger partial charge < -0.3 is 19.9 Å². The summed E-state index contributed by atoms with van der Waals surface area (Å²) in [7, 11) is 0. The molecular formula is C26H29N5O2. The molecule has 2 aromatic carbocycles. The monoisotopic (exact) mass is 443 g/mol. The highest BCUT2D eigenvalue weighted by Gasteiger charge is 2.23. The number of hydrogen-bond donors (Lipinski definition) is 2. The van der Waals surface area contributed by atoms with E-state index in [9.17, 15) is 15.2 Å². The molecule has 0 aliphatic carbocycles. The number of nitrogens with zero attached hydrogens (tertiary/aromatic N) is 4. The van der Waals surface area contributed by atoms with Crippen LogP contribution in [0.1, 0.15) is 22.4 Å². The quantitative estimate of drug-likeness (QED) is 0.609. The largest absolute Gasteiger partial charge is 0.508 e. The highest BCUT2D eigenvalue weighted by atomic mass is 16.3. The van der Waals surface area contributed by atoms with E-state index >= 15 is 0 Å². The lowest BCUT2D eigenvalue weighted by Crippen LogP contribution is -2.48. The highest BCUT2D eigenvalue weighted by molar-refractivity contribution is 5.93. The lowest BCUT2D eigenvalue weighted by Gasteiger charge is -2.35. The highest BCUT2D eigenvalue weighted by Crippen LogP contribution is 2.27. The predicted molar refractivity (Wildman–Crippen MR) is 130 cm³/mol. The number of piperazine rings is 1. The molecule has 7 nitrogen and oxygen atoms in total. The summed E-state index contributed by atoms with van der Waals surface area (Å²) < 4.78 is 2.02. The second kappa shape index (κ2) is 9.80. The van der Waals surface area contributed by atoms with E-state index in [0.29, 0.717) is 17.9 Å². The van der Waals surface area contributed by atoms with E-state index in [1.807, 2.05) is 60.9 Å². The molecule has 1 aliphatic heterocycles. The maximum absolute atomic E-state index is 12.9. The van der Waals surface area contributed by atoms with Gasteiger partial charge in [-0.25, -0.2) is 0 Å². The van der Waals surface area contributed by atoms with E-state index in [1.54, 1.807) is 12.1 Å². The van der Waals surface area contributed by atoms with Crippen molar-refractivity contribution < 1.29 is 9.90 Å². The number of carbonyl (C=O) groups excluding carboxylic acids is 1. The van der Waals surface area contributed by atoms with E-state index in [2.05, 4.69) is 21.2 Å². The van der Waals surface area contributed by atoms with Crippen LogP contribution in [-0.4, -0.2) is 53.2 Å². The molecule has 0 radical (unpaired) electrons. The molecule has 1 amide bonds. The minimum Gasteiger partial charge on any atom is -0.508 e. The summed E-state index contributed by atoms with van der Waals surface area (Å²) in [6.07, 6.45) is 0. The average Bonchev–Trinajstić information content (AvgIpc) is 3.04. The number of aromatic hydroxyl groups is 1. The van der Waals surface area contributed by atoms with Gasteiger partial charge in [0.2, 0.25) is 5.91 Å². The zero-order valence-corrected chi connectivity index (χ0v) is 19.1. The van der Waals surface area contributed by atoms with Crippen LogP contribution in [0.15, 0.2) is 54.6 Å². The molecule has 0 unspecified atom stereocenters. The Kier molecular flexibility index (Phi) is 6.66. The Balaban J connectivity index is 1.42. The number of hydrogen-bond acceptors (Lipinski definition) is 5. The molecule has 2 N–H and O–H groups in total. The SMILES string of the molecule is Cc1c(C#N)c(NC(=O)CN2CCN(c3ccc(O)cc3)CC2)n(Cc2ccccc2)c1C. The first kappa shape index (κ1) is 22.4. The number of phenols is 1. The van der Waals surface area contributed by atoms with Crippen LogP contribution in [-0.2, 0) is 11.3 Å². The number of anilines is 2. The van der Waals surface area contributed by atoms with Gasteiger partial charge in [0.25, 0.3) is 0 Å². The van der Waals surface area contributed by atoms with E-state index in [1.165, 1.54) is 0 Å². The van der Waals surface area contributed by atoms with E-state index < -0.39 is 0 Å². The molecule has 0 spiro atoms. The van der Waals surface area contributed by atoms with Crippen LogP contribution >= 0.6 is 0 Å². The Morgan fingerprint density at radius 2 is 1.70 bits per heavy atom. The zero-order valence-electron chi connectivity index (χ0n) is 19.1. The Morgan fingerprint density at radius 3 is 2.33 bits per heavy atom. The Morgan fingerprint density at radius 1 is 1.03 bits per heavy atom. The molecule has 170 valence electrons. The minimum atomic E-state index is -0.114. The molecule has 2 heterocycles.